The lowest BCUT2D eigenvalue weighted by molar-refractivity contribution is -0.115. The van der Waals surface area contributed by atoms with E-state index >= 15 is 0 Å². The number of carbonyl (C=O) groups is 1. The number of nitrogens with zero attached hydrogens (tertiary/aromatic N) is 3. The molecule has 0 aliphatic carbocycles. The number of hydrogen-bond acceptors (Lipinski definition) is 9. The highest BCUT2D eigenvalue weighted by atomic mass is 32.2. The number of para-hydroxylation sites is 2. The summed E-state index contributed by atoms with van der Waals surface area (Å²) < 4.78 is 34.6. The second kappa shape index (κ2) is 12.3. The number of benzene rings is 3. The van der Waals surface area contributed by atoms with E-state index < -0.39 is 10.0 Å². The Labute approximate surface area is 237 Å². The van der Waals surface area contributed by atoms with Crippen LogP contribution in [-0.4, -0.2) is 41.5 Å². The van der Waals surface area contributed by atoms with Crippen molar-refractivity contribution in [3.63, 3.8) is 0 Å². The molecule has 0 bridgehead atoms. The smallest absolute Gasteiger partial charge is 0.263 e. The molecule has 3 aromatic carbocycles. The number of aromatic hydroxyl groups is 1. The number of anilines is 4. The highest BCUT2D eigenvalue weighted by Gasteiger charge is 2.20. The van der Waals surface area contributed by atoms with Crippen LogP contribution in [0.1, 0.15) is 13.0 Å². The molecule has 4 N–H and O–H groups in total. The Kier molecular flexibility index (Phi) is 8.63. The van der Waals surface area contributed by atoms with Gasteiger partial charge in [-0.05, 0) is 42.0 Å². The van der Waals surface area contributed by atoms with Gasteiger partial charge >= 0.3 is 0 Å². The first kappa shape index (κ1) is 28.8. The fourth-order valence-electron chi connectivity index (χ4n) is 3.89. The predicted octanol–water partition coefficient (Wildman–Crippen LogP) is 5.10. The van der Waals surface area contributed by atoms with Crippen LogP contribution in [0.5, 0.6) is 11.5 Å². The lowest BCUT2D eigenvalue weighted by Gasteiger charge is -2.15. The molecule has 41 heavy (non-hydrogen) atoms. The molecule has 11 nitrogen and oxygen atoms in total. The number of hydrogen-bond donors (Lipinski definition) is 4. The van der Waals surface area contributed by atoms with Gasteiger partial charge in [-0.3, -0.25) is 14.5 Å². The van der Waals surface area contributed by atoms with Gasteiger partial charge in [0.1, 0.15) is 11.5 Å². The molecule has 210 valence electrons. The van der Waals surface area contributed by atoms with Gasteiger partial charge in [-0.2, -0.15) is 0 Å². The van der Waals surface area contributed by atoms with Crippen LogP contribution in [0.15, 0.2) is 96.2 Å². The summed E-state index contributed by atoms with van der Waals surface area (Å²) in [5, 5.41) is 15.8. The minimum Gasteiger partial charge on any atom is -0.508 e. The van der Waals surface area contributed by atoms with Gasteiger partial charge in [-0.25, -0.2) is 18.4 Å². The summed E-state index contributed by atoms with van der Waals surface area (Å²) in [7, 11) is -2.70. The van der Waals surface area contributed by atoms with Gasteiger partial charge in [-0.15, -0.1) is 0 Å². The van der Waals surface area contributed by atoms with E-state index in [0.717, 1.165) is 5.56 Å². The Morgan fingerprint density at radius 2 is 1.66 bits per heavy atom. The maximum Gasteiger partial charge on any atom is 0.263 e. The zero-order valence-corrected chi connectivity index (χ0v) is 22.0. The molecule has 0 fully saturated rings. The number of pyridine rings is 1. The van der Waals surface area contributed by atoms with E-state index in [9.17, 15) is 18.3 Å². The molecule has 0 saturated heterocycles. The molecule has 0 spiro atoms. The molecule has 2 aromatic heterocycles. The van der Waals surface area contributed by atoms with E-state index in [4.69, 9.17) is 4.74 Å². The number of ether oxygens (including phenoxy) is 1. The molecule has 2 heterocycles. The quantitative estimate of drug-likeness (QED) is 0.189. The number of rotatable bonds is 9. The summed E-state index contributed by atoms with van der Waals surface area (Å²) in [4.78, 5) is 25.4. The van der Waals surface area contributed by atoms with Gasteiger partial charge in [-0.1, -0.05) is 31.7 Å². The predicted molar refractivity (Wildman–Crippen MR) is 158 cm³/mol. The van der Waals surface area contributed by atoms with Crippen LogP contribution in [0.3, 0.4) is 0 Å². The standard InChI is InChI=1S/C28H24N6O5S.CH4/c1-39-22-14-20(13-21(35)16-22)31-27-28(33-25-10-3-2-9-24(25)32-27)34-40(37,38)23-8-4-7-19(15-23)30-26(36)12-18-6-5-11-29-17-18;/h2-11,13-17,35H,12H2,1H3,(H,30,36)(H,31,32)(H,33,34);1H4. The van der Waals surface area contributed by atoms with Crippen molar-refractivity contribution in [1.82, 2.24) is 15.0 Å². The third kappa shape index (κ3) is 7.05. The lowest BCUT2D eigenvalue weighted by atomic mass is 10.2. The number of nitrogens with one attached hydrogen (secondary N) is 3. The molecule has 0 aliphatic rings. The third-order valence-electron chi connectivity index (χ3n) is 5.71. The Morgan fingerprint density at radius 1 is 0.902 bits per heavy atom. The molecule has 0 unspecified atom stereocenters. The number of phenolic OH excluding ortho intramolecular Hbond substituents is 1. The van der Waals surface area contributed by atoms with E-state index in [0.29, 0.717) is 28.2 Å². The second-order valence-corrected chi connectivity index (χ2v) is 10.4. The summed E-state index contributed by atoms with van der Waals surface area (Å²) >= 11 is 0. The molecule has 5 rings (SSSR count). The number of carbonyl (C=O) groups excluding carboxylic acids is 1. The van der Waals surface area contributed by atoms with Crippen LogP contribution in [0.2, 0.25) is 0 Å². The van der Waals surface area contributed by atoms with Crippen LogP contribution in [0.4, 0.5) is 23.0 Å². The summed E-state index contributed by atoms with van der Waals surface area (Å²) in [5.74, 6) is 0.0627. The summed E-state index contributed by atoms with van der Waals surface area (Å²) in [6.45, 7) is 0. The normalized spacial score (nSPS) is 10.9. The first-order valence-corrected chi connectivity index (χ1v) is 13.5. The van der Waals surface area contributed by atoms with Crippen molar-refractivity contribution >= 4 is 50.0 Å². The van der Waals surface area contributed by atoms with Crippen molar-refractivity contribution in [2.24, 2.45) is 0 Å². The van der Waals surface area contributed by atoms with Crippen LogP contribution < -0.4 is 20.1 Å². The molecule has 12 heteroatoms. The summed E-state index contributed by atoms with van der Waals surface area (Å²) in [5.41, 5.74) is 2.44. The Morgan fingerprint density at radius 3 is 2.37 bits per heavy atom. The number of methoxy groups -OCH3 is 1. The van der Waals surface area contributed by atoms with Crippen LogP contribution in [-0.2, 0) is 21.2 Å². The lowest BCUT2D eigenvalue weighted by Crippen LogP contribution is -2.17. The minimum atomic E-state index is -4.16. The molecule has 0 radical (unpaired) electrons. The first-order chi connectivity index (χ1) is 19.3. The Balaban J connectivity index is 0.00000387. The highest BCUT2D eigenvalue weighted by Crippen LogP contribution is 2.31. The number of amides is 1. The van der Waals surface area contributed by atoms with Crippen LogP contribution >= 0.6 is 0 Å². The average Bonchev–Trinajstić information content (AvgIpc) is 2.93. The van der Waals surface area contributed by atoms with Gasteiger partial charge in [0, 0.05) is 42.0 Å². The van der Waals surface area contributed by atoms with Crippen molar-refractivity contribution < 1.29 is 23.1 Å². The average molecular weight is 573 g/mol. The number of sulfonamides is 1. The van der Waals surface area contributed by atoms with Gasteiger partial charge in [0.15, 0.2) is 11.6 Å². The molecule has 0 saturated carbocycles. The van der Waals surface area contributed by atoms with E-state index in [-0.39, 0.29) is 42.0 Å². The van der Waals surface area contributed by atoms with Crippen molar-refractivity contribution in [2.45, 2.75) is 18.7 Å². The van der Waals surface area contributed by atoms with Crippen molar-refractivity contribution in [3.05, 3.63) is 96.8 Å². The molecule has 5 aromatic rings. The monoisotopic (exact) mass is 572 g/mol. The third-order valence-corrected chi connectivity index (χ3v) is 7.04. The first-order valence-electron chi connectivity index (χ1n) is 12.0. The van der Waals surface area contributed by atoms with Crippen molar-refractivity contribution in [1.29, 1.82) is 0 Å². The zero-order valence-electron chi connectivity index (χ0n) is 21.2. The van der Waals surface area contributed by atoms with Crippen LogP contribution in [0.25, 0.3) is 11.0 Å². The largest absolute Gasteiger partial charge is 0.508 e. The molecular formula is C29H28N6O5S. The number of aromatic nitrogens is 3. The van der Waals surface area contributed by atoms with E-state index in [2.05, 4.69) is 30.3 Å². The zero-order chi connectivity index (χ0) is 28.1. The maximum atomic E-state index is 13.4. The van der Waals surface area contributed by atoms with Gasteiger partial charge in [0.25, 0.3) is 10.0 Å². The molecule has 0 aliphatic heterocycles. The van der Waals surface area contributed by atoms with Crippen molar-refractivity contribution in [2.75, 3.05) is 22.5 Å². The fourth-order valence-corrected chi connectivity index (χ4v) is 4.94. The molecule has 0 atom stereocenters. The van der Waals surface area contributed by atoms with Gasteiger partial charge in [0.2, 0.25) is 5.91 Å². The fraction of sp³-hybridized carbons (Fsp3) is 0.103. The number of phenols is 1. The maximum absolute atomic E-state index is 13.4. The van der Waals surface area contributed by atoms with Gasteiger partial charge in [0.05, 0.1) is 29.5 Å². The minimum absolute atomic E-state index is 0. The SMILES string of the molecule is C.COc1cc(O)cc(Nc2nc3ccccc3nc2NS(=O)(=O)c2cccc(NC(=O)Cc3cccnc3)c2)c1. The van der Waals surface area contributed by atoms with Crippen LogP contribution in [0, 0.1) is 0 Å². The number of fused-ring (bicyclic) bond motifs is 1. The summed E-state index contributed by atoms with van der Waals surface area (Å²) in [6, 6.07) is 20.9. The summed E-state index contributed by atoms with van der Waals surface area (Å²) in [6.07, 6.45) is 3.29. The van der Waals surface area contributed by atoms with E-state index in [1.807, 2.05) is 0 Å². The topological polar surface area (TPSA) is 155 Å². The molecular weight excluding hydrogens is 544 g/mol. The Bertz CT molecular complexity index is 1800. The van der Waals surface area contributed by atoms with Crippen molar-refractivity contribution in [3.8, 4) is 11.5 Å². The van der Waals surface area contributed by atoms with Gasteiger partial charge < -0.3 is 20.5 Å². The highest BCUT2D eigenvalue weighted by molar-refractivity contribution is 7.92. The van der Waals surface area contributed by atoms with E-state index in [1.54, 1.807) is 60.9 Å². The Hall–Kier alpha value is -5.23. The second-order valence-electron chi connectivity index (χ2n) is 8.67. The molecule has 1 amide bonds. The van der Waals surface area contributed by atoms with E-state index in [1.165, 1.54) is 37.4 Å².